The molecule has 0 aromatic heterocycles. The number of carbonyl (C=O) groups is 1. The molecule has 0 fully saturated rings. The molecule has 0 amide bonds. The van der Waals surface area contributed by atoms with Crippen LogP contribution in [0.2, 0.25) is 0 Å². The van der Waals surface area contributed by atoms with E-state index in [2.05, 4.69) is 20.8 Å². The molecule has 0 aliphatic rings. The average molecular weight is 168 g/mol. The van der Waals surface area contributed by atoms with Crippen molar-refractivity contribution < 1.29 is 4.79 Å². The molecule has 0 N–H and O–H groups in total. The molecule has 0 aliphatic carbocycles. The lowest BCUT2D eigenvalue weighted by Gasteiger charge is -2.20. The number of rotatable bonds is 4. The monoisotopic (exact) mass is 168 g/mol. The van der Waals surface area contributed by atoms with Crippen molar-refractivity contribution in [2.24, 2.45) is 17.8 Å². The van der Waals surface area contributed by atoms with E-state index in [1.807, 2.05) is 19.9 Å². The van der Waals surface area contributed by atoms with Gasteiger partial charge in [0, 0.05) is 5.92 Å². The third-order valence-corrected chi connectivity index (χ3v) is 2.62. The minimum atomic E-state index is 0.154. The summed E-state index contributed by atoms with van der Waals surface area (Å²) in [5.41, 5.74) is 0. The molecular weight excluding hydrogens is 148 g/mol. The Kier molecular flexibility index (Phi) is 4.87. The van der Waals surface area contributed by atoms with E-state index in [1.54, 1.807) is 6.08 Å². The van der Waals surface area contributed by atoms with Gasteiger partial charge in [0.25, 0.3) is 0 Å². The van der Waals surface area contributed by atoms with Crippen molar-refractivity contribution in [1.82, 2.24) is 0 Å². The maximum absolute atomic E-state index is 11.4. The maximum atomic E-state index is 11.4. The number of carbonyl (C=O) groups excluding carboxylic acids is 1. The van der Waals surface area contributed by atoms with E-state index in [1.165, 1.54) is 0 Å². The van der Waals surface area contributed by atoms with Gasteiger partial charge in [-0.25, -0.2) is 0 Å². The zero-order chi connectivity index (χ0) is 9.72. The van der Waals surface area contributed by atoms with Crippen LogP contribution in [-0.4, -0.2) is 5.78 Å². The molecule has 0 rings (SSSR count). The molecule has 70 valence electrons. The molecule has 2 unspecified atom stereocenters. The number of hydrogen-bond acceptors (Lipinski definition) is 1. The summed E-state index contributed by atoms with van der Waals surface area (Å²) >= 11 is 0. The van der Waals surface area contributed by atoms with E-state index in [0.29, 0.717) is 11.8 Å². The highest BCUT2D eigenvalue weighted by Crippen LogP contribution is 2.20. The van der Waals surface area contributed by atoms with Crippen LogP contribution in [-0.2, 0) is 4.79 Å². The van der Waals surface area contributed by atoms with Gasteiger partial charge in [0.15, 0.2) is 5.78 Å². The van der Waals surface area contributed by atoms with Gasteiger partial charge in [0.1, 0.15) is 0 Å². The Morgan fingerprint density at radius 2 is 1.67 bits per heavy atom. The van der Waals surface area contributed by atoms with Crippen molar-refractivity contribution in [3.63, 3.8) is 0 Å². The van der Waals surface area contributed by atoms with Gasteiger partial charge in [-0.15, -0.1) is 0 Å². The second-order valence-corrected chi connectivity index (χ2v) is 3.79. The normalized spacial score (nSPS) is 16.8. The molecule has 2 atom stereocenters. The van der Waals surface area contributed by atoms with Crippen LogP contribution >= 0.6 is 0 Å². The van der Waals surface area contributed by atoms with E-state index < -0.39 is 0 Å². The molecule has 0 saturated heterocycles. The summed E-state index contributed by atoms with van der Waals surface area (Å²) in [5.74, 6) is 1.45. The van der Waals surface area contributed by atoms with Crippen molar-refractivity contribution in [2.75, 3.05) is 0 Å². The quantitative estimate of drug-likeness (QED) is 0.590. The second kappa shape index (κ2) is 5.13. The molecule has 0 spiro atoms. The first-order valence-corrected chi connectivity index (χ1v) is 4.67. The lowest BCUT2D eigenvalue weighted by Crippen LogP contribution is -2.21. The van der Waals surface area contributed by atoms with Gasteiger partial charge >= 0.3 is 0 Å². The fourth-order valence-electron chi connectivity index (χ4n) is 1.15. The van der Waals surface area contributed by atoms with Crippen LogP contribution in [0.3, 0.4) is 0 Å². The van der Waals surface area contributed by atoms with E-state index in [4.69, 9.17) is 0 Å². The Morgan fingerprint density at radius 1 is 1.17 bits per heavy atom. The predicted octanol–water partition coefficient (Wildman–Crippen LogP) is 3.06. The Bertz CT molecular complexity index is 168. The van der Waals surface area contributed by atoms with Crippen LogP contribution in [0.4, 0.5) is 0 Å². The summed E-state index contributed by atoms with van der Waals surface area (Å²) in [4.78, 5) is 11.4. The molecule has 0 radical (unpaired) electrons. The highest BCUT2D eigenvalue weighted by atomic mass is 16.1. The van der Waals surface area contributed by atoms with Gasteiger partial charge in [0.05, 0.1) is 0 Å². The first kappa shape index (κ1) is 11.4. The van der Waals surface area contributed by atoms with Crippen LogP contribution in [0, 0.1) is 17.8 Å². The summed E-state index contributed by atoms with van der Waals surface area (Å²) < 4.78 is 0. The van der Waals surface area contributed by atoms with E-state index >= 15 is 0 Å². The number of allylic oxidation sites excluding steroid dienone is 2. The van der Waals surface area contributed by atoms with Crippen LogP contribution in [0.5, 0.6) is 0 Å². The van der Waals surface area contributed by atoms with Gasteiger partial charge in [-0.2, -0.15) is 0 Å². The first-order valence-electron chi connectivity index (χ1n) is 4.67. The first-order chi connectivity index (χ1) is 5.50. The van der Waals surface area contributed by atoms with Gasteiger partial charge in [0.2, 0.25) is 0 Å². The molecule has 0 heterocycles. The van der Waals surface area contributed by atoms with Crippen LogP contribution in [0.15, 0.2) is 12.2 Å². The fraction of sp³-hybridized carbons (Fsp3) is 0.727. The average Bonchev–Trinajstić information content (AvgIpc) is 2.02. The van der Waals surface area contributed by atoms with E-state index in [-0.39, 0.29) is 11.7 Å². The molecule has 1 nitrogen and oxygen atoms in total. The van der Waals surface area contributed by atoms with Crippen molar-refractivity contribution in [1.29, 1.82) is 0 Å². The van der Waals surface area contributed by atoms with E-state index in [9.17, 15) is 4.79 Å². The summed E-state index contributed by atoms with van der Waals surface area (Å²) in [6, 6.07) is 0. The number of hydrogen-bond donors (Lipinski definition) is 0. The third kappa shape index (κ3) is 3.21. The molecule has 0 bridgehead atoms. The molecule has 0 aromatic carbocycles. The van der Waals surface area contributed by atoms with E-state index in [0.717, 1.165) is 0 Å². The van der Waals surface area contributed by atoms with Gasteiger partial charge in [-0.1, -0.05) is 33.8 Å². The van der Waals surface area contributed by atoms with Gasteiger partial charge < -0.3 is 0 Å². The summed E-state index contributed by atoms with van der Waals surface area (Å²) in [5, 5.41) is 0. The van der Waals surface area contributed by atoms with Crippen molar-refractivity contribution in [3.05, 3.63) is 12.2 Å². The Labute approximate surface area is 75.9 Å². The fourth-order valence-corrected chi connectivity index (χ4v) is 1.15. The molecule has 0 aliphatic heterocycles. The second-order valence-electron chi connectivity index (χ2n) is 3.79. The van der Waals surface area contributed by atoms with Gasteiger partial charge in [-0.3, -0.25) is 4.79 Å². The van der Waals surface area contributed by atoms with Crippen molar-refractivity contribution in [3.8, 4) is 0 Å². The molecule has 0 aromatic rings. The Morgan fingerprint density at radius 3 is 2.00 bits per heavy atom. The third-order valence-electron chi connectivity index (χ3n) is 2.62. The van der Waals surface area contributed by atoms with Crippen molar-refractivity contribution in [2.45, 2.75) is 34.6 Å². The Hall–Kier alpha value is -0.590. The minimum absolute atomic E-state index is 0.154. The predicted molar refractivity (Wildman–Crippen MR) is 53.0 cm³/mol. The maximum Gasteiger partial charge on any atom is 0.158 e. The zero-order valence-electron chi connectivity index (χ0n) is 8.79. The van der Waals surface area contributed by atoms with Crippen LogP contribution in [0.1, 0.15) is 34.6 Å². The largest absolute Gasteiger partial charge is 0.295 e. The van der Waals surface area contributed by atoms with Crippen LogP contribution in [0.25, 0.3) is 0 Å². The van der Waals surface area contributed by atoms with Crippen LogP contribution < -0.4 is 0 Å². The molecule has 12 heavy (non-hydrogen) atoms. The molecule has 1 heteroatoms. The highest BCUT2D eigenvalue weighted by molar-refractivity contribution is 5.91. The SMILES string of the molecule is C/C=C/C(=O)C(C)C(C)C(C)C. The molecule has 0 saturated carbocycles. The Balaban J connectivity index is 4.18. The standard InChI is InChI=1S/C11H20O/c1-6-7-11(12)10(5)9(4)8(2)3/h6-10H,1-5H3/b7-6+. The van der Waals surface area contributed by atoms with Gasteiger partial charge in [-0.05, 0) is 24.8 Å². The summed E-state index contributed by atoms with van der Waals surface area (Å²) in [6.07, 6.45) is 3.48. The zero-order valence-corrected chi connectivity index (χ0v) is 8.79. The lowest BCUT2D eigenvalue weighted by atomic mass is 9.83. The number of ketones is 1. The molecular formula is C11H20O. The minimum Gasteiger partial charge on any atom is -0.295 e. The summed E-state index contributed by atoms with van der Waals surface area (Å²) in [6.45, 7) is 10.3. The van der Waals surface area contributed by atoms with Crippen molar-refractivity contribution >= 4 is 5.78 Å². The lowest BCUT2D eigenvalue weighted by molar-refractivity contribution is -0.119. The topological polar surface area (TPSA) is 17.1 Å². The highest BCUT2D eigenvalue weighted by Gasteiger charge is 2.20. The smallest absolute Gasteiger partial charge is 0.158 e. The summed E-state index contributed by atoms with van der Waals surface area (Å²) in [7, 11) is 0.